The van der Waals surface area contributed by atoms with Gasteiger partial charge in [-0.3, -0.25) is 0 Å². The van der Waals surface area contributed by atoms with E-state index >= 15 is 0 Å². The Balaban J connectivity index is 1.13. The van der Waals surface area contributed by atoms with E-state index in [4.69, 9.17) is 0 Å². The van der Waals surface area contributed by atoms with Gasteiger partial charge < -0.3 is 4.90 Å². The standard InChI is InChI=1S/C66H63N/c1-63(2,3)45-29-33-53-54-34-30-46(64(4,5)6)39-60(54)66(59(53)38-45)57-27-16-13-25-51(57)55-36-32-48(41-61(55)66)67(47-31-35-52-50-24-12-15-26-56(50)65(7,8)58(52)40-47)62-28-17-14-23-49(62)44-22-18-21-43(37-44)42-19-10-9-11-20-42/h12-18,21-42H,9-11,19-20H2,1-8H3. The van der Waals surface area contributed by atoms with Crippen LogP contribution < -0.4 is 4.90 Å². The van der Waals surface area contributed by atoms with Crippen LogP contribution in [0.5, 0.6) is 0 Å². The van der Waals surface area contributed by atoms with Crippen LogP contribution in [0.15, 0.2) is 170 Å². The van der Waals surface area contributed by atoms with Gasteiger partial charge in [-0.1, -0.05) is 214 Å². The summed E-state index contributed by atoms with van der Waals surface area (Å²) in [6.07, 6.45) is 6.57. The van der Waals surface area contributed by atoms with Crippen LogP contribution in [0.25, 0.3) is 44.5 Å². The lowest BCUT2D eigenvalue weighted by molar-refractivity contribution is 0.444. The Morgan fingerprint density at radius 3 is 1.49 bits per heavy atom. The Kier molecular flexibility index (Phi) is 9.41. The molecule has 4 aliphatic rings. The summed E-state index contributed by atoms with van der Waals surface area (Å²) in [5.41, 5.74) is 25.9. The first-order valence-electron chi connectivity index (χ1n) is 25.0. The van der Waals surface area contributed by atoms with Gasteiger partial charge in [-0.25, -0.2) is 0 Å². The van der Waals surface area contributed by atoms with Crippen LogP contribution >= 0.6 is 0 Å². The second kappa shape index (κ2) is 15.0. The summed E-state index contributed by atoms with van der Waals surface area (Å²) in [5, 5.41) is 0. The normalized spacial score (nSPS) is 16.2. The Morgan fingerprint density at radius 1 is 0.403 bits per heavy atom. The summed E-state index contributed by atoms with van der Waals surface area (Å²) in [5.74, 6) is 0.627. The summed E-state index contributed by atoms with van der Waals surface area (Å²) in [6, 6.07) is 66.5. The van der Waals surface area contributed by atoms with E-state index in [1.54, 1.807) is 0 Å². The number of fused-ring (bicyclic) bond motifs is 13. The predicted octanol–water partition coefficient (Wildman–Crippen LogP) is 18.1. The average molecular weight is 870 g/mol. The third-order valence-corrected chi connectivity index (χ3v) is 16.4. The van der Waals surface area contributed by atoms with Crippen molar-refractivity contribution in [2.45, 2.75) is 115 Å². The predicted molar refractivity (Wildman–Crippen MR) is 284 cm³/mol. The Hall–Kier alpha value is -6.44. The van der Waals surface area contributed by atoms with Crippen molar-refractivity contribution in [2.75, 3.05) is 4.90 Å². The number of hydrogen-bond acceptors (Lipinski definition) is 1. The molecule has 332 valence electrons. The minimum Gasteiger partial charge on any atom is -0.310 e. The molecule has 0 unspecified atom stereocenters. The molecule has 67 heavy (non-hydrogen) atoms. The first kappa shape index (κ1) is 42.0. The van der Waals surface area contributed by atoms with E-state index in [1.807, 2.05) is 0 Å². The summed E-state index contributed by atoms with van der Waals surface area (Å²) in [7, 11) is 0. The maximum absolute atomic E-state index is 2.59. The quantitative estimate of drug-likeness (QED) is 0.167. The molecule has 0 saturated heterocycles. The molecule has 1 nitrogen and oxygen atoms in total. The van der Waals surface area contributed by atoms with Gasteiger partial charge >= 0.3 is 0 Å². The fourth-order valence-corrected chi connectivity index (χ4v) is 12.8. The first-order valence-corrected chi connectivity index (χ1v) is 25.0. The maximum atomic E-state index is 2.59. The zero-order valence-electron chi connectivity index (χ0n) is 40.7. The minimum atomic E-state index is -0.504. The molecule has 8 aromatic carbocycles. The van der Waals surface area contributed by atoms with Crippen molar-refractivity contribution in [1.82, 2.24) is 0 Å². The topological polar surface area (TPSA) is 3.24 Å². The zero-order chi connectivity index (χ0) is 46.0. The Bertz CT molecular complexity index is 3220. The lowest BCUT2D eigenvalue weighted by Gasteiger charge is -2.34. The van der Waals surface area contributed by atoms with Gasteiger partial charge in [0.1, 0.15) is 0 Å². The van der Waals surface area contributed by atoms with Crippen molar-refractivity contribution in [3.8, 4) is 44.5 Å². The van der Waals surface area contributed by atoms with Crippen LogP contribution in [-0.2, 0) is 21.7 Å². The highest BCUT2D eigenvalue weighted by molar-refractivity contribution is 5.98. The molecule has 0 radical (unpaired) electrons. The van der Waals surface area contributed by atoms with Crippen LogP contribution in [0.1, 0.15) is 143 Å². The van der Waals surface area contributed by atoms with Gasteiger partial charge in [0.25, 0.3) is 0 Å². The van der Waals surface area contributed by atoms with Gasteiger partial charge in [0.2, 0.25) is 0 Å². The zero-order valence-corrected chi connectivity index (χ0v) is 40.7. The van der Waals surface area contributed by atoms with Crippen LogP contribution in [0, 0.1) is 0 Å². The van der Waals surface area contributed by atoms with E-state index in [-0.39, 0.29) is 16.2 Å². The monoisotopic (exact) mass is 869 g/mol. The molecule has 0 bridgehead atoms. The lowest BCUT2D eigenvalue weighted by Crippen LogP contribution is -2.27. The van der Waals surface area contributed by atoms with Gasteiger partial charge in [-0.2, -0.15) is 0 Å². The molecular weight excluding hydrogens is 807 g/mol. The summed E-state index contributed by atoms with van der Waals surface area (Å²) in [6.45, 7) is 18.9. The maximum Gasteiger partial charge on any atom is 0.0726 e. The van der Waals surface area contributed by atoms with Crippen molar-refractivity contribution in [3.63, 3.8) is 0 Å². The average Bonchev–Trinajstić information content (AvgIpc) is 3.89. The smallest absolute Gasteiger partial charge is 0.0726 e. The highest BCUT2D eigenvalue weighted by Crippen LogP contribution is 2.64. The van der Waals surface area contributed by atoms with Crippen LogP contribution in [0.4, 0.5) is 17.1 Å². The van der Waals surface area contributed by atoms with Crippen molar-refractivity contribution in [1.29, 1.82) is 0 Å². The second-order valence-electron chi connectivity index (χ2n) is 22.8. The Labute approximate surface area is 399 Å². The van der Waals surface area contributed by atoms with Crippen LogP contribution in [0.2, 0.25) is 0 Å². The molecule has 0 heterocycles. The number of hydrogen-bond donors (Lipinski definition) is 0. The molecule has 0 aliphatic heterocycles. The molecule has 0 aromatic heterocycles. The molecule has 1 heteroatoms. The summed E-state index contributed by atoms with van der Waals surface area (Å²) < 4.78 is 0. The van der Waals surface area contributed by atoms with E-state index in [9.17, 15) is 0 Å². The minimum absolute atomic E-state index is 0.0137. The molecule has 4 aliphatic carbocycles. The number of benzene rings is 8. The van der Waals surface area contributed by atoms with Gasteiger partial charge in [0.15, 0.2) is 0 Å². The SMILES string of the molecule is CC(C)(C)c1ccc2c(c1)C1(c3ccccc3-c3ccc(N(c4ccc5c(c4)C(C)(C)c4ccccc4-5)c4ccccc4-c4cccc(C5CCCCC5)c4)cc31)c1cc(C(C)(C)C)ccc1-2. The third-order valence-electron chi connectivity index (χ3n) is 16.4. The van der Waals surface area contributed by atoms with E-state index in [0.29, 0.717) is 5.92 Å². The van der Waals surface area contributed by atoms with Crippen LogP contribution in [-0.4, -0.2) is 0 Å². The van der Waals surface area contributed by atoms with Crippen molar-refractivity contribution < 1.29 is 0 Å². The molecule has 0 amide bonds. The lowest BCUT2D eigenvalue weighted by atomic mass is 9.68. The molecule has 8 aromatic rings. The summed E-state index contributed by atoms with van der Waals surface area (Å²) in [4.78, 5) is 2.59. The molecule has 1 fully saturated rings. The van der Waals surface area contributed by atoms with E-state index in [0.717, 1.165) is 0 Å². The molecule has 1 spiro atoms. The number of nitrogens with zero attached hydrogens (tertiary/aromatic N) is 1. The van der Waals surface area contributed by atoms with E-state index < -0.39 is 5.41 Å². The molecule has 0 N–H and O–H groups in total. The largest absolute Gasteiger partial charge is 0.310 e. The number of anilines is 3. The number of para-hydroxylation sites is 1. The second-order valence-corrected chi connectivity index (χ2v) is 22.8. The Morgan fingerprint density at radius 2 is 0.881 bits per heavy atom. The highest BCUT2D eigenvalue weighted by Gasteiger charge is 2.52. The van der Waals surface area contributed by atoms with Gasteiger partial charge in [0.05, 0.1) is 11.1 Å². The third kappa shape index (κ3) is 6.33. The molecule has 12 rings (SSSR count). The molecular formula is C66H63N. The number of rotatable bonds is 5. The fourth-order valence-electron chi connectivity index (χ4n) is 12.8. The van der Waals surface area contributed by atoms with Gasteiger partial charge in [0, 0.05) is 22.4 Å². The van der Waals surface area contributed by atoms with E-state index in [1.165, 1.54) is 144 Å². The first-order chi connectivity index (χ1) is 32.2. The van der Waals surface area contributed by atoms with Crippen molar-refractivity contribution in [2.24, 2.45) is 0 Å². The highest BCUT2D eigenvalue weighted by atomic mass is 15.1. The molecule has 0 atom stereocenters. The van der Waals surface area contributed by atoms with Crippen molar-refractivity contribution in [3.05, 3.63) is 220 Å². The van der Waals surface area contributed by atoms with E-state index in [2.05, 4.69) is 230 Å². The van der Waals surface area contributed by atoms with Gasteiger partial charge in [-0.15, -0.1) is 0 Å². The fraction of sp³-hybridized carbons (Fsp3) is 0.273. The summed E-state index contributed by atoms with van der Waals surface area (Å²) >= 11 is 0. The van der Waals surface area contributed by atoms with Gasteiger partial charge in [-0.05, 0) is 149 Å². The molecule has 1 saturated carbocycles. The van der Waals surface area contributed by atoms with Crippen molar-refractivity contribution >= 4 is 17.1 Å². The van der Waals surface area contributed by atoms with Crippen LogP contribution in [0.3, 0.4) is 0 Å².